The number of esters is 1. The van der Waals surface area contributed by atoms with Crippen LogP contribution in [0.4, 0.5) is 46.4 Å². The average molecular weight is 505 g/mol. The molecule has 14 heteroatoms. The lowest BCUT2D eigenvalue weighted by atomic mass is 10.2. The Bertz CT molecular complexity index is 1340. The number of anilines is 5. The van der Waals surface area contributed by atoms with Gasteiger partial charge in [-0.05, 0) is 37.0 Å². The van der Waals surface area contributed by atoms with E-state index in [0.717, 1.165) is 24.5 Å². The van der Waals surface area contributed by atoms with Gasteiger partial charge in [0.15, 0.2) is 5.76 Å². The summed E-state index contributed by atoms with van der Waals surface area (Å²) in [6.45, 7) is 3.02. The van der Waals surface area contributed by atoms with E-state index in [1.807, 2.05) is 0 Å². The molecule has 36 heavy (non-hydrogen) atoms. The van der Waals surface area contributed by atoms with Crippen LogP contribution in [0.15, 0.2) is 49.1 Å². The van der Waals surface area contributed by atoms with Crippen LogP contribution in [-0.4, -0.2) is 37.8 Å². The summed E-state index contributed by atoms with van der Waals surface area (Å²) in [5.41, 5.74) is 1.35. The third kappa shape index (κ3) is 5.95. The van der Waals surface area contributed by atoms with E-state index in [1.165, 1.54) is 12.1 Å². The minimum atomic E-state index is -5.29. The second-order valence-corrected chi connectivity index (χ2v) is 7.88. The van der Waals surface area contributed by atoms with E-state index in [1.54, 1.807) is 30.3 Å². The van der Waals surface area contributed by atoms with Gasteiger partial charge in [0, 0.05) is 30.7 Å². The van der Waals surface area contributed by atoms with Crippen molar-refractivity contribution in [3.8, 4) is 0 Å². The number of halogens is 4. The van der Waals surface area contributed by atoms with E-state index in [0.29, 0.717) is 11.5 Å². The Labute approximate surface area is 201 Å². The highest BCUT2D eigenvalue weighted by Gasteiger charge is 2.42. The van der Waals surface area contributed by atoms with Crippen molar-refractivity contribution in [1.82, 2.24) is 19.7 Å². The van der Waals surface area contributed by atoms with Crippen molar-refractivity contribution in [2.24, 2.45) is 7.05 Å². The van der Waals surface area contributed by atoms with E-state index in [-0.39, 0.29) is 23.2 Å². The van der Waals surface area contributed by atoms with E-state index in [9.17, 15) is 27.2 Å². The molecule has 0 spiro atoms. The number of carbonyl (C=O) groups is 2. The van der Waals surface area contributed by atoms with E-state index in [2.05, 4.69) is 42.3 Å². The van der Waals surface area contributed by atoms with Gasteiger partial charge in [0.25, 0.3) is 5.91 Å². The van der Waals surface area contributed by atoms with Gasteiger partial charge in [-0.25, -0.2) is 14.2 Å². The van der Waals surface area contributed by atoms with Crippen molar-refractivity contribution in [1.29, 1.82) is 0 Å². The first kappa shape index (κ1) is 24.6. The standard InChI is InChI=1S/C22H19F4N7O3/c1-11(36-20(35)22(24,25)26)19(34)29-13-5-6-16(23)17(7-13)31-18-15(12-3-4-12)9-27-21(32-18)30-14-8-28-33(2)10-14/h5-10,12H,1,3-4H2,2H3,(H,29,34)(H2,27,30,31,32). The molecule has 0 aliphatic heterocycles. The summed E-state index contributed by atoms with van der Waals surface area (Å²) in [5.74, 6) is -4.78. The summed E-state index contributed by atoms with van der Waals surface area (Å²) in [5, 5.41) is 12.2. The van der Waals surface area contributed by atoms with Crippen LogP contribution in [0.25, 0.3) is 0 Å². The smallest absolute Gasteiger partial charge is 0.415 e. The molecule has 0 saturated heterocycles. The lowest BCUT2D eigenvalue weighted by molar-refractivity contribution is -0.195. The fourth-order valence-corrected chi connectivity index (χ4v) is 3.10. The molecule has 2 heterocycles. The quantitative estimate of drug-likeness (QED) is 0.180. The van der Waals surface area contributed by atoms with E-state index < -0.39 is 29.6 Å². The molecular weight excluding hydrogens is 486 g/mol. The van der Waals surface area contributed by atoms with Gasteiger partial charge in [0.1, 0.15) is 11.6 Å². The Hall–Kier alpha value is -4.49. The van der Waals surface area contributed by atoms with Gasteiger partial charge >= 0.3 is 12.1 Å². The van der Waals surface area contributed by atoms with Gasteiger partial charge < -0.3 is 20.7 Å². The predicted molar refractivity (Wildman–Crippen MR) is 120 cm³/mol. The van der Waals surface area contributed by atoms with Crippen LogP contribution in [0.2, 0.25) is 0 Å². The van der Waals surface area contributed by atoms with Gasteiger partial charge in [0.2, 0.25) is 5.95 Å². The van der Waals surface area contributed by atoms with Crippen molar-refractivity contribution in [3.05, 3.63) is 60.5 Å². The number of hydrogen-bond acceptors (Lipinski definition) is 8. The van der Waals surface area contributed by atoms with Crippen molar-refractivity contribution in [3.63, 3.8) is 0 Å². The second kappa shape index (κ2) is 9.64. The minimum absolute atomic E-state index is 0.00356. The summed E-state index contributed by atoms with van der Waals surface area (Å²) in [4.78, 5) is 31.7. The van der Waals surface area contributed by atoms with Crippen LogP contribution in [0.1, 0.15) is 24.3 Å². The zero-order valence-corrected chi connectivity index (χ0v) is 18.7. The highest BCUT2D eigenvalue weighted by molar-refractivity contribution is 6.03. The molecular formula is C22H19F4N7O3. The number of benzene rings is 1. The number of carbonyl (C=O) groups excluding carboxylic acids is 2. The maximum absolute atomic E-state index is 14.6. The zero-order chi connectivity index (χ0) is 26.0. The molecule has 1 aromatic carbocycles. The van der Waals surface area contributed by atoms with Crippen LogP contribution in [0.5, 0.6) is 0 Å². The predicted octanol–water partition coefficient (Wildman–Crippen LogP) is 4.27. The van der Waals surface area contributed by atoms with Crippen molar-refractivity contribution in [2.75, 3.05) is 16.0 Å². The second-order valence-electron chi connectivity index (χ2n) is 7.88. The lowest BCUT2D eigenvalue weighted by Crippen LogP contribution is -2.28. The summed E-state index contributed by atoms with van der Waals surface area (Å²) in [7, 11) is 1.75. The first-order valence-corrected chi connectivity index (χ1v) is 10.5. The number of ether oxygens (including phenoxy) is 1. The molecule has 1 saturated carbocycles. The first-order chi connectivity index (χ1) is 17.0. The molecule has 188 valence electrons. The molecule has 0 bridgehead atoms. The van der Waals surface area contributed by atoms with E-state index in [4.69, 9.17) is 0 Å². The minimum Gasteiger partial charge on any atom is -0.415 e. The van der Waals surface area contributed by atoms with Gasteiger partial charge in [-0.15, -0.1) is 0 Å². The van der Waals surface area contributed by atoms with Crippen LogP contribution >= 0.6 is 0 Å². The molecule has 0 unspecified atom stereocenters. The summed E-state index contributed by atoms with van der Waals surface area (Å²) >= 11 is 0. The Morgan fingerprint density at radius 3 is 2.56 bits per heavy atom. The van der Waals surface area contributed by atoms with Gasteiger partial charge in [-0.1, -0.05) is 6.58 Å². The highest BCUT2D eigenvalue weighted by atomic mass is 19.4. The molecule has 0 atom stereocenters. The SMILES string of the molecule is C=C(OC(=O)C(F)(F)F)C(=O)Nc1ccc(F)c(Nc2nc(Nc3cnn(C)c3)ncc2C2CC2)c1. The van der Waals surface area contributed by atoms with Crippen molar-refractivity contribution >= 4 is 40.7 Å². The third-order valence-corrected chi connectivity index (χ3v) is 4.97. The fourth-order valence-electron chi connectivity index (χ4n) is 3.10. The summed E-state index contributed by atoms with van der Waals surface area (Å²) < 4.78 is 57.1. The van der Waals surface area contributed by atoms with Gasteiger partial charge in [-0.3, -0.25) is 9.48 Å². The molecule has 1 amide bonds. The lowest BCUT2D eigenvalue weighted by Gasteiger charge is -2.14. The van der Waals surface area contributed by atoms with Crippen LogP contribution in [0, 0.1) is 5.82 Å². The summed E-state index contributed by atoms with van der Waals surface area (Å²) in [6, 6.07) is 3.42. The highest BCUT2D eigenvalue weighted by Crippen LogP contribution is 2.43. The molecule has 0 radical (unpaired) electrons. The number of nitrogens with zero attached hydrogens (tertiary/aromatic N) is 4. The molecule has 1 fully saturated rings. The Morgan fingerprint density at radius 2 is 1.92 bits per heavy atom. The van der Waals surface area contributed by atoms with Crippen LogP contribution in [0.3, 0.4) is 0 Å². The number of rotatable bonds is 8. The number of aromatic nitrogens is 4. The van der Waals surface area contributed by atoms with Gasteiger partial charge in [0.05, 0.1) is 17.6 Å². The van der Waals surface area contributed by atoms with Crippen molar-refractivity contribution in [2.45, 2.75) is 24.9 Å². The molecule has 4 rings (SSSR count). The number of aryl methyl sites for hydroxylation is 1. The fraction of sp³-hybridized carbons (Fsp3) is 0.227. The first-order valence-electron chi connectivity index (χ1n) is 10.5. The van der Waals surface area contributed by atoms with Crippen molar-refractivity contribution < 1.29 is 31.9 Å². The average Bonchev–Trinajstić information content (AvgIpc) is 3.57. The Balaban J connectivity index is 1.52. The maximum atomic E-state index is 14.6. The third-order valence-electron chi connectivity index (χ3n) is 4.97. The van der Waals surface area contributed by atoms with E-state index >= 15 is 0 Å². The zero-order valence-electron chi connectivity index (χ0n) is 18.7. The molecule has 3 aromatic rings. The monoisotopic (exact) mass is 505 g/mol. The number of alkyl halides is 3. The van der Waals surface area contributed by atoms with Crippen LogP contribution < -0.4 is 16.0 Å². The molecule has 2 aromatic heterocycles. The number of amides is 1. The topological polar surface area (TPSA) is 123 Å². The van der Waals surface area contributed by atoms with Crippen LogP contribution in [-0.2, 0) is 21.4 Å². The molecule has 1 aliphatic carbocycles. The Morgan fingerprint density at radius 1 is 1.17 bits per heavy atom. The number of hydrogen-bond donors (Lipinski definition) is 3. The van der Waals surface area contributed by atoms with Gasteiger partial charge in [-0.2, -0.15) is 23.3 Å². The normalized spacial score (nSPS) is 13.1. The summed E-state index contributed by atoms with van der Waals surface area (Å²) in [6.07, 6.45) is 1.48. The largest absolute Gasteiger partial charge is 0.491 e. The maximum Gasteiger partial charge on any atom is 0.491 e. The Kier molecular flexibility index (Phi) is 6.59. The molecule has 1 aliphatic rings. The molecule has 3 N–H and O–H groups in total. The number of nitrogens with one attached hydrogen (secondary N) is 3. The molecule has 10 nitrogen and oxygen atoms in total.